The van der Waals surface area contributed by atoms with Crippen LogP contribution in [0.3, 0.4) is 0 Å². The molecule has 0 saturated carbocycles. The Kier molecular flexibility index (Phi) is 6.82. The zero-order chi connectivity index (χ0) is 20.3. The van der Waals surface area contributed by atoms with E-state index < -0.39 is 10.0 Å². The third-order valence-corrected chi connectivity index (χ3v) is 6.26. The quantitative estimate of drug-likeness (QED) is 0.630. The van der Waals surface area contributed by atoms with Gasteiger partial charge in [-0.25, -0.2) is 13.4 Å². The first-order chi connectivity index (χ1) is 13.3. The zero-order valence-corrected chi connectivity index (χ0v) is 17.1. The van der Waals surface area contributed by atoms with E-state index in [9.17, 15) is 13.5 Å². The number of nitrogens with zero attached hydrogens (tertiary/aromatic N) is 1. The Morgan fingerprint density at radius 3 is 2.21 bits per heavy atom. The number of aliphatic hydroxyl groups excluding tert-OH is 2. The molecule has 3 rings (SSSR count). The molecule has 0 bridgehead atoms. The van der Waals surface area contributed by atoms with Crippen LogP contribution >= 0.6 is 23.2 Å². The van der Waals surface area contributed by atoms with Gasteiger partial charge in [-0.05, 0) is 54.8 Å². The van der Waals surface area contributed by atoms with Crippen molar-refractivity contribution >= 4 is 33.2 Å². The lowest BCUT2D eigenvalue weighted by molar-refractivity contribution is 0.0723. The lowest BCUT2D eigenvalue weighted by Gasteiger charge is -2.29. The van der Waals surface area contributed by atoms with Crippen molar-refractivity contribution in [3.63, 3.8) is 0 Å². The summed E-state index contributed by atoms with van der Waals surface area (Å²) in [6, 6.07) is 8.92. The Morgan fingerprint density at radius 1 is 1.11 bits per heavy atom. The summed E-state index contributed by atoms with van der Waals surface area (Å²) < 4.78 is 30.7. The van der Waals surface area contributed by atoms with Crippen LogP contribution < -0.4 is 9.57 Å². The van der Waals surface area contributed by atoms with E-state index in [1.807, 2.05) is 0 Å². The van der Waals surface area contributed by atoms with E-state index in [1.54, 1.807) is 17.1 Å². The second-order valence-corrected chi connectivity index (χ2v) is 8.91. The van der Waals surface area contributed by atoms with E-state index in [2.05, 4.69) is 4.83 Å². The summed E-state index contributed by atoms with van der Waals surface area (Å²) in [5.74, 6) is 0.585. The highest BCUT2D eigenvalue weighted by molar-refractivity contribution is 7.89. The van der Waals surface area contributed by atoms with Gasteiger partial charge in [-0.1, -0.05) is 23.2 Å². The molecule has 10 heteroatoms. The van der Waals surface area contributed by atoms with Gasteiger partial charge in [0.25, 0.3) is 10.0 Å². The van der Waals surface area contributed by atoms with Crippen molar-refractivity contribution in [2.75, 3.05) is 13.1 Å². The maximum absolute atomic E-state index is 12.5. The topological polar surface area (TPSA) is 99.1 Å². The number of halogens is 2. The summed E-state index contributed by atoms with van der Waals surface area (Å²) in [6.45, 7) is 0.695. The molecule has 2 aromatic rings. The molecule has 0 aliphatic carbocycles. The molecule has 1 saturated heterocycles. The molecule has 3 N–H and O–H groups in total. The van der Waals surface area contributed by atoms with Crippen LogP contribution in [0.2, 0.25) is 10.0 Å². The van der Waals surface area contributed by atoms with Crippen molar-refractivity contribution in [3.05, 3.63) is 52.0 Å². The second kappa shape index (κ2) is 8.96. The van der Waals surface area contributed by atoms with Crippen molar-refractivity contribution in [2.45, 2.75) is 30.4 Å². The van der Waals surface area contributed by atoms with Crippen molar-refractivity contribution in [2.24, 2.45) is 0 Å². The van der Waals surface area contributed by atoms with Crippen LogP contribution in [0.4, 0.5) is 0 Å². The van der Waals surface area contributed by atoms with Gasteiger partial charge in [0.2, 0.25) is 0 Å². The number of nitrogens with one attached hydrogen (secondary N) is 1. The molecule has 0 aromatic heterocycles. The summed E-state index contributed by atoms with van der Waals surface area (Å²) in [5.41, 5.74) is 0.556. The summed E-state index contributed by atoms with van der Waals surface area (Å²) in [5, 5.41) is 20.7. The fraction of sp³-hybridized carbons (Fsp3) is 0.333. The van der Waals surface area contributed by atoms with Crippen molar-refractivity contribution < 1.29 is 23.4 Å². The number of hydrogen-bond donors (Lipinski definition) is 3. The van der Waals surface area contributed by atoms with Gasteiger partial charge in [-0.3, -0.25) is 0 Å². The number of rotatable bonds is 6. The van der Waals surface area contributed by atoms with Crippen LogP contribution in [0, 0.1) is 0 Å². The van der Waals surface area contributed by atoms with Gasteiger partial charge in [0.15, 0.2) is 5.75 Å². The minimum atomic E-state index is -3.73. The number of sulfonamides is 1. The predicted octanol–water partition coefficient (Wildman–Crippen LogP) is 2.93. The zero-order valence-electron chi connectivity index (χ0n) is 14.8. The molecular weight excluding hydrogens is 427 g/mol. The van der Waals surface area contributed by atoms with Gasteiger partial charge < -0.3 is 14.9 Å². The molecule has 28 heavy (non-hydrogen) atoms. The summed E-state index contributed by atoms with van der Waals surface area (Å²) >= 11 is 12.3. The van der Waals surface area contributed by atoms with Gasteiger partial charge in [-0.2, -0.15) is 0 Å². The van der Waals surface area contributed by atoms with Crippen LogP contribution in [0.5, 0.6) is 11.5 Å². The first kappa shape index (κ1) is 21.3. The van der Waals surface area contributed by atoms with Crippen LogP contribution in [-0.4, -0.2) is 42.8 Å². The summed E-state index contributed by atoms with van der Waals surface area (Å²) in [4.78, 5) is 2.60. The number of aliphatic hydroxyl groups is 2. The smallest absolute Gasteiger partial charge is 0.253 e. The molecule has 0 radical (unpaired) electrons. The summed E-state index contributed by atoms with van der Waals surface area (Å²) in [7, 11) is -3.73. The fourth-order valence-electron chi connectivity index (χ4n) is 2.79. The minimum absolute atomic E-state index is 0.0822. The average Bonchev–Trinajstić information content (AvgIpc) is 2.66. The molecule has 1 aliphatic rings. The van der Waals surface area contributed by atoms with Gasteiger partial charge in [0, 0.05) is 13.1 Å². The number of hydrogen-bond acceptors (Lipinski definition) is 6. The Labute approximate surface area is 173 Å². The lowest BCUT2D eigenvalue weighted by atomic mass is 10.1. The maximum Gasteiger partial charge on any atom is 0.253 e. The van der Waals surface area contributed by atoms with Crippen molar-refractivity contribution in [3.8, 4) is 11.5 Å². The second-order valence-electron chi connectivity index (χ2n) is 6.43. The highest BCUT2D eigenvalue weighted by atomic mass is 35.5. The van der Waals surface area contributed by atoms with Crippen molar-refractivity contribution in [1.82, 2.24) is 9.84 Å². The largest absolute Gasteiger partial charge is 0.454 e. The standard InChI is InChI=1S/C18H20Cl2N2O5S/c19-16-9-12(11-23)10-17(20)18(16)27-14-1-3-15(4-2-14)28(25,26)21-22-7-5-13(24)6-8-22/h1-4,9-10,13,21,23-24H,5-8,11H2. The van der Waals surface area contributed by atoms with Gasteiger partial charge >= 0.3 is 0 Å². The first-order valence-corrected chi connectivity index (χ1v) is 10.8. The van der Waals surface area contributed by atoms with E-state index in [1.165, 1.54) is 24.3 Å². The van der Waals surface area contributed by atoms with Crippen LogP contribution in [-0.2, 0) is 16.6 Å². The molecule has 0 amide bonds. The third kappa shape index (κ3) is 5.15. The predicted molar refractivity (Wildman–Crippen MR) is 106 cm³/mol. The highest BCUT2D eigenvalue weighted by Crippen LogP contribution is 2.37. The third-order valence-electron chi connectivity index (χ3n) is 4.31. The molecule has 1 aliphatic heterocycles. The van der Waals surface area contributed by atoms with E-state index in [0.29, 0.717) is 37.2 Å². The summed E-state index contributed by atoms with van der Waals surface area (Å²) in [6.07, 6.45) is 0.653. The Morgan fingerprint density at radius 2 is 1.68 bits per heavy atom. The number of benzene rings is 2. The maximum atomic E-state index is 12.5. The first-order valence-electron chi connectivity index (χ1n) is 8.60. The Balaban J connectivity index is 1.71. The molecule has 152 valence electrons. The lowest BCUT2D eigenvalue weighted by Crippen LogP contribution is -2.47. The van der Waals surface area contributed by atoms with E-state index in [4.69, 9.17) is 33.0 Å². The fourth-order valence-corrected chi connectivity index (χ4v) is 4.52. The van der Waals surface area contributed by atoms with Gasteiger partial charge in [-0.15, -0.1) is 4.83 Å². The number of hydrazine groups is 1. The van der Waals surface area contributed by atoms with Gasteiger partial charge in [0.05, 0.1) is 27.7 Å². The normalized spacial score (nSPS) is 16.3. The van der Waals surface area contributed by atoms with E-state index in [0.717, 1.165) is 0 Å². The number of ether oxygens (including phenoxy) is 1. The monoisotopic (exact) mass is 446 g/mol. The molecule has 1 fully saturated rings. The Hall–Kier alpha value is -1.39. The minimum Gasteiger partial charge on any atom is -0.454 e. The van der Waals surface area contributed by atoms with Crippen LogP contribution in [0.25, 0.3) is 0 Å². The van der Waals surface area contributed by atoms with E-state index >= 15 is 0 Å². The molecule has 0 atom stereocenters. The molecule has 2 aromatic carbocycles. The van der Waals surface area contributed by atoms with Gasteiger partial charge in [0.1, 0.15) is 5.75 Å². The number of piperidine rings is 1. The van der Waals surface area contributed by atoms with Crippen LogP contribution in [0.1, 0.15) is 18.4 Å². The highest BCUT2D eigenvalue weighted by Gasteiger charge is 2.23. The Bertz CT molecular complexity index is 906. The van der Waals surface area contributed by atoms with Crippen molar-refractivity contribution in [1.29, 1.82) is 0 Å². The molecule has 1 heterocycles. The molecule has 0 spiro atoms. The average molecular weight is 447 g/mol. The molecule has 0 unspecified atom stereocenters. The molecule has 7 nitrogen and oxygen atoms in total. The SMILES string of the molecule is O=S(=O)(NN1CCC(O)CC1)c1ccc(Oc2c(Cl)cc(CO)cc2Cl)cc1. The van der Waals surface area contributed by atoms with E-state index in [-0.39, 0.29) is 33.4 Å². The molecular formula is C18H20Cl2N2O5S. The van der Waals surface area contributed by atoms with Crippen LogP contribution in [0.15, 0.2) is 41.3 Å².